The molecule has 1 atom stereocenters. The van der Waals surface area contributed by atoms with Crippen molar-refractivity contribution in [3.05, 3.63) is 72.6 Å². The van der Waals surface area contributed by atoms with Crippen LogP contribution in [0, 0.1) is 5.82 Å². The molecule has 4 heteroatoms. The van der Waals surface area contributed by atoms with Crippen LogP contribution in [0.1, 0.15) is 25.3 Å². The number of hydrogen-bond acceptors (Lipinski definition) is 3. The van der Waals surface area contributed by atoms with E-state index in [2.05, 4.69) is 47.4 Å². The fourth-order valence-electron chi connectivity index (χ4n) is 3.51. The highest BCUT2D eigenvalue weighted by Crippen LogP contribution is 2.49. The quantitative estimate of drug-likeness (QED) is 0.399. The summed E-state index contributed by atoms with van der Waals surface area (Å²) < 4.78 is 16.3. The Morgan fingerprint density at radius 2 is 2.08 bits per heavy atom. The van der Waals surface area contributed by atoms with E-state index in [1.54, 1.807) is 24.1 Å². The molecule has 25 heavy (non-hydrogen) atoms. The normalized spacial score (nSPS) is 19.0. The van der Waals surface area contributed by atoms with Crippen LogP contribution in [0.3, 0.4) is 0 Å². The zero-order chi connectivity index (χ0) is 17.7. The Labute approximate surface area is 154 Å². The Morgan fingerprint density at radius 3 is 2.80 bits per heavy atom. The predicted octanol–water partition coefficient (Wildman–Crippen LogP) is 5.17. The second-order valence-corrected chi connectivity index (χ2v) is 7.57. The summed E-state index contributed by atoms with van der Waals surface area (Å²) in [6.45, 7) is 8.56. The standard InChI is InChI=1S/C21H25FN2S/c1-3-13-23-14-12-21(4-2)16-24(25-18-8-6-5-7-9-18)20-11-10-17(22)15-19(20)21/h3,5-11,15,23H,1,4,12-14,16H2,2H3. The Hall–Kier alpha value is -1.78. The Kier molecular flexibility index (Phi) is 5.82. The minimum atomic E-state index is -0.151. The minimum Gasteiger partial charge on any atom is -0.313 e. The number of nitrogens with one attached hydrogen (secondary N) is 1. The molecule has 1 heterocycles. The van der Waals surface area contributed by atoms with Crippen molar-refractivity contribution in [3.63, 3.8) is 0 Å². The number of halogens is 1. The molecule has 1 aliphatic heterocycles. The topological polar surface area (TPSA) is 15.3 Å². The number of hydrogen-bond donors (Lipinski definition) is 1. The maximum absolute atomic E-state index is 14.0. The third kappa shape index (κ3) is 3.91. The van der Waals surface area contributed by atoms with Crippen LogP contribution >= 0.6 is 11.9 Å². The SMILES string of the molecule is C=CCNCCC1(CC)CN(Sc2ccccc2)c2ccc(F)cc21. The van der Waals surface area contributed by atoms with E-state index in [1.165, 1.54) is 4.90 Å². The third-order valence-corrected chi connectivity index (χ3v) is 5.98. The molecule has 2 aromatic carbocycles. The highest BCUT2D eigenvalue weighted by Gasteiger charge is 2.41. The highest BCUT2D eigenvalue weighted by molar-refractivity contribution is 8.00. The summed E-state index contributed by atoms with van der Waals surface area (Å²) in [5.74, 6) is -0.151. The first kappa shape index (κ1) is 18.0. The molecule has 0 amide bonds. The molecule has 0 saturated carbocycles. The van der Waals surface area contributed by atoms with Crippen LogP contribution in [-0.4, -0.2) is 19.6 Å². The van der Waals surface area contributed by atoms with Gasteiger partial charge in [0.25, 0.3) is 0 Å². The van der Waals surface area contributed by atoms with Crippen LogP contribution in [0.4, 0.5) is 10.1 Å². The molecule has 3 rings (SSSR count). The lowest BCUT2D eigenvalue weighted by Crippen LogP contribution is -2.34. The monoisotopic (exact) mass is 356 g/mol. The molecule has 132 valence electrons. The van der Waals surface area contributed by atoms with Gasteiger partial charge in [-0.3, -0.25) is 0 Å². The zero-order valence-corrected chi connectivity index (χ0v) is 15.5. The van der Waals surface area contributed by atoms with Gasteiger partial charge < -0.3 is 9.62 Å². The summed E-state index contributed by atoms with van der Waals surface area (Å²) in [5, 5.41) is 3.39. The van der Waals surface area contributed by atoms with E-state index < -0.39 is 0 Å². The van der Waals surface area contributed by atoms with Crippen LogP contribution in [0.2, 0.25) is 0 Å². The molecule has 0 spiro atoms. The lowest BCUT2D eigenvalue weighted by molar-refractivity contribution is 0.402. The molecular weight excluding hydrogens is 331 g/mol. The largest absolute Gasteiger partial charge is 0.313 e. The van der Waals surface area contributed by atoms with Crippen molar-refractivity contribution in [1.82, 2.24) is 5.32 Å². The third-order valence-electron chi connectivity index (χ3n) is 4.95. The van der Waals surface area contributed by atoms with Gasteiger partial charge in [-0.2, -0.15) is 0 Å². The van der Waals surface area contributed by atoms with Gasteiger partial charge in [-0.1, -0.05) is 31.2 Å². The first-order chi connectivity index (χ1) is 12.2. The molecule has 1 aliphatic rings. The maximum atomic E-state index is 14.0. The van der Waals surface area contributed by atoms with Crippen molar-refractivity contribution in [2.45, 2.75) is 30.1 Å². The van der Waals surface area contributed by atoms with E-state index in [-0.39, 0.29) is 11.2 Å². The van der Waals surface area contributed by atoms with E-state index in [9.17, 15) is 4.39 Å². The molecular formula is C21H25FN2S. The lowest BCUT2D eigenvalue weighted by Gasteiger charge is -2.29. The van der Waals surface area contributed by atoms with E-state index in [4.69, 9.17) is 0 Å². The first-order valence-corrected chi connectivity index (χ1v) is 9.58. The number of anilines is 1. The van der Waals surface area contributed by atoms with Crippen molar-refractivity contribution in [2.75, 3.05) is 23.9 Å². The van der Waals surface area contributed by atoms with Crippen molar-refractivity contribution < 1.29 is 4.39 Å². The molecule has 0 aliphatic carbocycles. The number of nitrogens with zero attached hydrogens (tertiary/aromatic N) is 1. The number of benzene rings is 2. The van der Waals surface area contributed by atoms with Crippen LogP contribution in [-0.2, 0) is 5.41 Å². The smallest absolute Gasteiger partial charge is 0.123 e. The molecule has 0 bridgehead atoms. The van der Waals surface area contributed by atoms with Crippen LogP contribution in [0.5, 0.6) is 0 Å². The Bertz CT molecular complexity index is 719. The Balaban J connectivity index is 1.87. The van der Waals surface area contributed by atoms with Crippen molar-refractivity contribution in [3.8, 4) is 0 Å². The van der Waals surface area contributed by atoms with Crippen molar-refractivity contribution in [2.24, 2.45) is 0 Å². The van der Waals surface area contributed by atoms with Crippen LogP contribution in [0.25, 0.3) is 0 Å². The second-order valence-electron chi connectivity index (χ2n) is 6.48. The molecule has 2 aromatic rings. The Morgan fingerprint density at radius 1 is 1.28 bits per heavy atom. The van der Waals surface area contributed by atoms with Gasteiger partial charge in [0.05, 0.1) is 5.69 Å². The van der Waals surface area contributed by atoms with E-state index >= 15 is 0 Å². The van der Waals surface area contributed by atoms with Gasteiger partial charge in [0.15, 0.2) is 0 Å². The van der Waals surface area contributed by atoms with Gasteiger partial charge >= 0.3 is 0 Å². The molecule has 2 nitrogen and oxygen atoms in total. The van der Waals surface area contributed by atoms with Gasteiger partial charge in [0.2, 0.25) is 0 Å². The first-order valence-electron chi connectivity index (χ1n) is 8.81. The van der Waals surface area contributed by atoms with Crippen molar-refractivity contribution >= 4 is 17.6 Å². The zero-order valence-electron chi connectivity index (χ0n) is 14.7. The fourth-order valence-corrected chi connectivity index (χ4v) is 4.61. The second kappa shape index (κ2) is 8.07. The lowest BCUT2D eigenvalue weighted by atomic mass is 9.77. The number of rotatable bonds is 8. The molecule has 0 aromatic heterocycles. The molecule has 0 radical (unpaired) electrons. The van der Waals surface area contributed by atoms with Crippen LogP contribution in [0.15, 0.2) is 66.1 Å². The van der Waals surface area contributed by atoms with Gasteiger partial charge in [-0.05, 0) is 67.2 Å². The number of fused-ring (bicyclic) bond motifs is 1. The van der Waals surface area contributed by atoms with Gasteiger partial charge in [-0.25, -0.2) is 4.39 Å². The van der Waals surface area contributed by atoms with Gasteiger partial charge in [0, 0.05) is 23.4 Å². The van der Waals surface area contributed by atoms with Crippen LogP contribution < -0.4 is 9.62 Å². The summed E-state index contributed by atoms with van der Waals surface area (Å²) in [6.07, 6.45) is 3.85. The molecule has 0 saturated heterocycles. The average molecular weight is 357 g/mol. The van der Waals surface area contributed by atoms with E-state index in [1.807, 2.05) is 18.2 Å². The summed E-state index contributed by atoms with van der Waals surface area (Å²) in [5.41, 5.74) is 2.26. The highest BCUT2D eigenvalue weighted by atomic mass is 32.2. The van der Waals surface area contributed by atoms with E-state index in [0.29, 0.717) is 0 Å². The summed E-state index contributed by atoms with van der Waals surface area (Å²) in [6, 6.07) is 15.6. The average Bonchev–Trinajstić information content (AvgIpc) is 2.93. The van der Waals surface area contributed by atoms with Gasteiger partial charge in [0.1, 0.15) is 5.82 Å². The minimum absolute atomic E-state index is 0.0205. The van der Waals surface area contributed by atoms with Gasteiger partial charge in [-0.15, -0.1) is 6.58 Å². The maximum Gasteiger partial charge on any atom is 0.123 e. The summed E-state index contributed by atoms with van der Waals surface area (Å²) in [7, 11) is 0. The predicted molar refractivity (Wildman–Crippen MR) is 106 cm³/mol. The molecule has 1 unspecified atom stereocenters. The van der Waals surface area contributed by atoms with E-state index in [0.717, 1.165) is 43.7 Å². The fraction of sp³-hybridized carbons (Fsp3) is 0.333. The van der Waals surface area contributed by atoms with Crippen molar-refractivity contribution in [1.29, 1.82) is 0 Å². The molecule has 1 N–H and O–H groups in total. The summed E-state index contributed by atoms with van der Waals surface area (Å²) in [4.78, 5) is 1.20. The molecule has 0 fully saturated rings. The summed E-state index contributed by atoms with van der Waals surface area (Å²) >= 11 is 1.74.